The molecule has 0 atom stereocenters. The Morgan fingerprint density at radius 2 is 2.12 bits per heavy atom. The maximum absolute atomic E-state index is 13.5. The second-order valence-electron chi connectivity index (χ2n) is 5.29. The van der Waals surface area contributed by atoms with Gasteiger partial charge in [-0.05, 0) is 36.2 Å². The number of amides is 1. The van der Waals surface area contributed by atoms with E-state index in [0.717, 1.165) is 16.1 Å². The molecule has 3 aromatic rings. The van der Waals surface area contributed by atoms with Crippen LogP contribution in [0, 0.1) is 12.7 Å². The van der Waals surface area contributed by atoms with Crippen molar-refractivity contribution >= 4 is 34.2 Å². The van der Waals surface area contributed by atoms with Gasteiger partial charge in [-0.3, -0.25) is 18.7 Å². The quantitative estimate of drug-likeness (QED) is 0.772. The number of aryl methyl sites for hydroxylation is 1. The van der Waals surface area contributed by atoms with E-state index >= 15 is 0 Å². The lowest BCUT2D eigenvalue weighted by molar-refractivity contribution is -0.116. The molecule has 0 aliphatic carbocycles. The van der Waals surface area contributed by atoms with Gasteiger partial charge >= 0.3 is 5.69 Å². The van der Waals surface area contributed by atoms with E-state index in [9.17, 15) is 18.8 Å². The van der Waals surface area contributed by atoms with Crippen LogP contribution in [-0.4, -0.2) is 19.4 Å². The topological polar surface area (TPSA) is 86.0 Å². The molecule has 24 heavy (non-hydrogen) atoms. The predicted octanol–water partition coefficient (Wildman–Crippen LogP) is 1.24. The summed E-state index contributed by atoms with van der Waals surface area (Å²) in [5, 5.41) is 4.07. The monoisotopic (exact) mass is 348 g/mol. The van der Waals surface area contributed by atoms with Gasteiger partial charge < -0.3 is 5.32 Å². The summed E-state index contributed by atoms with van der Waals surface area (Å²) >= 11 is 1.03. The van der Waals surface area contributed by atoms with Crippen LogP contribution in [0.25, 0.3) is 11.0 Å². The second kappa shape index (κ2) is 6.00. The molecule has 0 aliphatic heterocycles. The molecule has 0 fully saturated rings. The Balaban J connectivity index is 1.94. The number of anilines is 1. The zero-order chi connectivity index (χ0) is 17.4. The van der Waals surface area contributed by atoms with Crippen molar-refractivity contribution in [2.45, 2.75) is 13.5 Å². The summed E-state index contributed by atoms with van der Waals surface area (Å²) in [5.41, 5.74) is 0.0788. The van der Waals surface area contributed by atoms with E-state index in [1.54, 1.807) is 19.1 Å². The summed E-state index contributed by atoms with van der Waals surface area (Å²) in [5.74, 6) is -0.942. The number of nitrogens with zero attached hydrogens (tertiary/aromatic N) is 3. The molecule has 0 saturated carbocycles. The van der Waals surface area contributed by atoms with Crippen molar-refractivity contribution in [1.29, 1.82) is 0 Å². The lowest BCUT2D eigenvalue weighted by Gasteiger charge is -2.10. The van der Waals surface area contributed by atoms with E-state index in [2.05, 4.69) is 9.69 Å². The zero-order valence-corrected chi connectivity index (χ0v) is 13.7. The molecule has 2 heterocycles. The summed E-state index contributed by atoms with van der Waals surface area (Å²) in [6.07, 6.45) is 0. The maximum Gasteiger partial charge on any atom is 0.331 e. The van der Waals surface area contributed by atoms with Gasteiger partial charge in [-0.15, -0.1) is 0 Å². The van der Waals surface area contributed by atoms with Crippen LogP contribution in [0.15, 0.2) is 33.2 Å². The molecule has 0 spiro atoms. The fourth-order valence-electron chi connectivity index (χ4n) is 2.27. The molecule has 3 rings (SSSR count). The van der Waals surface area contributed by atoms with Crippen LogP contribution in [0.1, 0.15) is 5.56 Å². The Kier molecular flexibility index (Phi) is 4.02. The standard InChI is InChI=1S/C15H13FN4O3S/c1-8-3-4-9(5-10(8)16)17-12(21)6-20-11-7-24-18-13(11)14(22)19(2)15(20)23/h3-5,7H,6H2,1-2H3,(H,17,21). The third-order valence-electron chi connectivity index (χ3n) is 3.62. The molecule has 2 aromatic heterocycles. The number of hydrogen-bond acceptors (Lipinski definition) is 5. The number of aromatic nitrogens is 3. The highest BCUT2D eigenvalue weighted by Crippen LogP contribution is 2.14. The first-order chi connectivity index (χ1) is 11.4. The van der Waals surface area contributed by atoms with Gasteiger partial charge in [0.05, 0.1) is 5.52 Å². The van der Waals surface area contributed by atoms with Crippen molar-refractivity contribution in [2.24, 2.45) is 7.05 Å². The van der Waals surface area contributed by atoms with Crippen LogP contribution in [0.4, 0.5) is 10.1 Å². The van der Waals surface area contributed by atoms with Gasteiger partial charge in [0.25, 0.3) is 5.56 Å². The molecule has 1 amide bonds. The van der Waals surface area contributed by atoms with Gasteiger partial charge in [0.2, 0.25) is 5.91 Å². The zero-order valence-electron chi connectivity index (χ0n) is 12.9. The van der Waals surface area contributed by atoms with E-state index in [4.69, 9.17) is 0 Å². The first-order valence-electron chi connectivity index (χ1n) is 6.98. The van der Waals surface area contributed by atoms with E-state index in [0.29, 0.717) is 16.8 Å². The highest BCUT2D eigenvalue weighted by molar-refractivity contribution is 7.04. The number of carbonyl (C=O) groups excluding carboxylic acids is 1. The fourth-order valence-corrected chi connectivity index (χ4v) is 2.94. The predicted molar refractivity (Wildman–Crippen MR) is 88.9 cm³/mol. The molecule has 9 heteroatoms. The van der Waals surface area contributed by atoms with Gasteiger partial charge in [-0.2, -0.15) is 4.37 Å². The van der Waals surface area contributed by atoms with Crippen LogP contribution in [0.2, 0.25) is 0 Å². The first kappa shape index (κ1) is 16.1. The summed E-state index contributed by atoms with van der Waals surface area (Å²) in [6.45, 7) is 1.31. The number of halogens is 1. The maximum atomic E-state index is 13.5. The highest BCUT2D eigenvalue weighted by atomic mass is 32.1. The van der Waals surface area contributed by atoms with Crippen molar-refractivity contribution < 1.29 is 9.18 Å². The van der Waals surface area contributed by atoms with Gasteiger partial charge in [0.1, 0.15) is 12.4 Å². The minimum absolute atomic E-state index is 0.135. The third kappa shape index (κ3) is 2.73. The number of fused-ring (bicyclic) bond motifs is 1. The summed E-state index contributed by atoms with van der Waals surface area (Å²) in [6, 6.07) is 4.32. The molecule has 0 saturated heterocycles. The molecule has 7 nitrogen and oxygen atoms in total. The van der Waals surface area contributed by atoms with Crippen LogP contribution in [-0.2, 0) is 18.4 Å². The largest absolute Gasteiger partial charge is 0.331 e. The van der Waals surface area contributed by atoms with Crippen LogP contribution in [0.5, 0.6) is 0 Å². The lowest BCUT2D eigenvalue weighted by Crippen LogP contribution is -2.40. The van der Waals surface area contributed by atoms with E-state index in [-0.39, 0.29) is 12.1 Å². The Bertz CT molecular complexity index is 1070. The van der Waals surface area contributed by atoms with E-state index in [1.807, 2.05) is 0 Å². The molecular weight excluding hydrogens is 335 g/mol. The summed E-state index contributed by atoms with van der Waals surface area (Å²) in [4.78, 5) is 36.4. The van der Waals surface area contributed by atoms with Gasteiger partial charge in [0.15, 0.2) is 5.52 Å². The number of benzene rings is 1. The van der Waals surface area contributed by atoms with Crippen molar-refractivity contribution in [3.05, 3.63) is 55.8 Å². The number of rotatable bonds is 3. The molecule has 124 valence electrons. The minimum Gasteiger partial charge on any atom is -0.324 e. The average molecular weight is 348 g/mol. The molecule has 0 bridgehead atoms. The molecule has 1 aromatic carbocycles. The third-order valence-corrected chi connectivity index (χ3v) is 4.24. The molecule has 0 aliphatic rings. The van der Waals surface area contributed by atoms with E-state index < -0.39 is 23.0 Å². The van der Waals surface area contributed by atoms with Gasteiger partial charge in [-0.1, -0.05) is 6.07 Å². The van der Waals surface area contributed by atoms with Crippen molar-refractivity contribution in [2.75, 3.05) is 5.32 Å². The minimum atomic E-state index is -0.613. The van der Waals surface area contributed by atoms with Crippen molar-refractivity contribution in [3.63, 3.8) is 0 Å². The number of carbonyl (C=O) groups is 1. The van der Waals surface area contributed by atoms with Gasteiger partial charge in [0, 0.05) is 18.1 Å². The number of hydrogen-bond donors (Lipinski definition) is 1. The lowest BCUT2D eigenvalue weighted by atomic mass is 10.2. The second-order valence-corrected chi connectivity index (χ2v) is 5.92. The molecular formula is C15H13FN4O3S. The van der Waals surface area contributed by atoms with Crippen molar-refractivity contribution in [3.8, 4) is 0 Å². The van der Waals surface area contributed by atoms with Crippen LogP contribution in [0.3, 0.4) is 0 Å². The molecule has 0 radical (unpaired) electrons. The average Bonchev–Trinajstić information content (AvgIpc) is 3.02. The van der Waals surface area contributed by atoms with Crippen LogP contribution < -0.4 is 16.6 Å². The Hall–Kier alpha value is -2.81. The normalized spacial score (nSPS) is 11.0. The number of nitrogens with one attached hydrogen (secondary N) is 1. The Morgan fingerprint density at radius 1 is 1.38 bits per heavy atom. The Morgan fingerprint density at radius 3 is 2.83 bits per heavy atom. The summed E-state index contributed by atoms with van der Waals surface area (Å²) < 4.78 is 19.6. The van der Waals surface area contributed by atoms with E-state index in [1.165, 1.54) is 23.1 Å². The van der Waals surface area contributed by atoms with Crippen molar-refractivity contribution in [1.82, 2.24) is 13.5 Å². The smallest absolute Gasteiger partial charge is 0.324 e. The fraction of sp³-hybridized carbons (Fsp3) is 0.200. The molecule has 0 unspecified atom stereocenters. The van der Waals surface area contributed by atoms with Gasteiger partial charge in [-0.25, -0.2) is 9.18 Å². The SMILES string of the molecule is Cc1ccc(NC(=O)Cn2c(=O)n(C)c(=O)c3nscc32)cc1F. The Labute approximate surface area is 139 Å². The first-order valence-corrected chi connectivity index (χ1v) is 7.82. The van der Waals surface area contributed by atoms with Crippen LogP contribution >= 0.6 is 11.5 Å². The summed E-state index contributed by atoms with van der Waals surface area (Å²) in [7, 11) is 1.33. The highest BCUT2D eigenvalue weighted by Gasteiger charge is 2.15. The molecule has 1 N–H and O–H groups in total.